The Labute approximate surface area is 200 Å². The van der Waals surface area contributed by atoms with Gasteiger partial charge in [0.15, 0.2) is 5.78 Å². The molecule has 0 spiro atoms. The second kappa shape index (κ2) is 10.3. The molecule has 170 valence electrons. The first kappa shape index (κ1) is 23.2. The fourth-order valence-corrected chi connectivity index (χ4v) is 4.41. The molecule has 0 bridgehead atoms. The summed E-state index contributed by atoms with van der Waals surface area (Å²) in [6.45, 7) is 1.58. The Bertz CT molecular complexity index is 1140. The lowest BCUT2D eigenvalue weighted by Gasteiger charge is -2.30. The first-order chi connectivity index (χ1) is 15.9. The van der Waals surface area contributed by atoms with Gasteiger partial charge in [-0.25, -0.2) is 0 Å². The fraction of sp³-hybridized carbons (Fsp3) is 0.286. The third kappa shape index (κ3) is 5.52. The van der Waals surface area contributed by atoms with E-state index < -0.39 is 0 Å². The van der Waals surface area contributed by atoms with Gasteiger partial charge in [0.25, 0.3) is 5.91 Å². The molecule has 4 nitrogen and oxygen atoms in total. The number of Topliss-reactive ketones (excluding diaryl/α,β-unsaturated/α-hetero) is 1. The molecule has 0 unspecified atom stereocenters. The van der Waals surface area contributed by atoms with Gasteiger partial charge in [-0.2, -0.15) is 0 Å². The van der Waals surface area contributed by atoms with Gasteiger partial charge in [-0.1, -0.05) is 35.9 Å². The quantitative estimate of drug-likeness (QED) is 0.398. The van der Waals surface area contributed by atoms with Crippen molar-refractivity contribution < 1.29 is 9.59 Å². The van der Waals surface area contributed by atoms with E-state index in [9.17, 15) is 9.59 Å². The van der Waals surface area contributed by atoms with Gasteiger partial charge in [-0.3, -0.25) is 9.59 Å². The van der Waals surface area contributed by atoms with Crippen molar-refractivity contribution in [3.8, 4) is 11.1 Å². The maximum Gasteiger partial charge on any atom is 0.258 e. The predicted molar refractivity (Wildman–Crippen MR) is 135 cm³/mol. The zero-order valence-electron chi connectivity index (χ0n) is 19.2. The number of nitrogens with zero attached hydrogens (tertiary/aromatic N) is 2. The SMILES string of the molecule is CN(C)CCCC(=O)c1ccc2c(c1)CCCN2C(=O)c1ccc(-c2ccc(Cl)cc2)cc1. The van der Waals surface area contributed by atoms with E-state index in [-0.39, 0.29) is 11.7 Å². The number of ketones is 1. The standard InChI is InChI=1S/C28H29ClN2O2/c1-30(2)17-4-6-27(32)24-13-16-26-23(19-24)5-3-18-31(26)28(33)22-9-7-20(8-10-22)21-11-14-25(29)15-12-21/h7-16,19H,3-6,17-18H2,1-2H3. The molecule has 3 aromatic carbocycles. The van der Waals surface area contributed by atoms with Crippen LogP contribution in [0.4, 0.5) is 5.69 Å². The van der Waals surface area contributed by atoms with E-state index in [1.54, 1.807) is 0 Å². The van der Waals surface area contributed by atoms with Gasteiger partial charge >= 0.3 is 0 Å². The van der Waals surface area contributed by atoms with Gasteiger partial charge in [0.05, 0.1) is 0 Å². The van der Waals surface area contributed by atoms with E-state index in [2.05, 4.69) is 4.90 Å². The number of aryl methyl sites for hydroxylation is 1. The number of fused-ring (bicyclic) bond motifs is 1. The predicted octanol–water partition coefficient (Wildman–Crippen LogP) is 6.12. The molecule has 0 radical (unpaired) electrons. The first-order valence-corrected chi connectivity index (χ1v) is 11.8. The minimum atomic E-state index is -0.0105. The summed E-state index contributed by atoms with van der Waals surface area (Å²) in [5.74, 6) is 0.157. The van der Waals surface area contributed by atoms with Crippen molar-refractivity contribution >= 4 is 29.0 Å². The van der Waals surface area contributed by atoms with E-state index in [1.165, 1.54) is 0 Å². The Morgan fingerprint density at radius 2 is 1.55 bits per heavy atom. The van der Waals surface area contributed by atoms with Crippen LogP contribution in [0.1, 0.15) is 45.5 Å². The number of carbonyl (C=O) groups excluding carboxylic acids is 2. The molecule has 1 aliphatic heterocycles. The van der Waals surface area contributed by atoms with E-state index in [0.717, 1.165) is 53.7 Å². The Morgan fingerprint density at radius 1 is 0.909 bits per heavy atom. The van der Waals surface area contributed by atoms with Crippen molar-refractivity contribution in [1.29, 1.82) is 0 Å². The summed E-state index contributed by atoms with van der Waals surface area (Å²) in [4.78, 5) is 29.9. The zero-order chi connectivity index (χ0) is 23.4. The van der Waals surface area contributed by atoms with Crippen LogP contribution >= 0.6 is 11.6 Å². The molecule has 1 heterocycles. The lowest BCUT2D eigenvalue weighted by Crippen LogP contribution is -2.35. The highest BCUT2D eigenvalue weighted by Crippen LogP contribution is 2.30. The molecule has 0 atom stereocenters. The molecule has 4 rings (SSSR count). The topological polar surface area (TPSA) is 40.6 Å². The molecule has 0 saturated carbocycles. The molecule has 5 heteroatoms. The van der Waals surface area contributed by atoms with Gasteiger partial charge in [0, 0.05) is 34.8 Å². The summed E-state index contributed by atoms with van der Waals surface area (Å²) in [5, 5.41) is 0.702. The number of amides is 1. The number of hydrogen-bond acceptors (Lipinski definition) is 3. The molecular formula is C28H29ClN2O2. The normalized spacial score (nSPS) is 13.2. The number of halogens is 1. The van der Waals surface area contributed by atoms with Gasteiger partial charge in [0.1, 0.15) is 0 Å². The van der Waals surface area contributed by atoms with E-state index in [0.29, 0.717) is 23.6 Å². The molecule has 0 N–H and O–H groups in total. The highest BCUT2D eigenvalue weighted by Gasteiger charge is 2.24. The number of carbonyl (C=O) groups is 2. The van der Waals surface area contributed by atoms with E-state index in [1.807, 2.05) is 85.7 Å². The van der Waals surface area contributed by atoms with Gasteiger partial charge < -0.3 is 9.80 Å². The van der Waals surface area contributed by atoms with Crippen molar-refractivity contribution in [2.75, 3.05) is 32.1 Å². The van der Waals surface area contributed by atoms with Crippen LogP contribution in [-0.2, 0) is 6.42 Å². The van der Waals surface area contributed by atoms with E-state index >= 15 is 0 Å². The third-order valence-corrected chi connectivity index (χ3v) is 6.34. The van der Waals surface area contributed by atoms with Crippen molar-refractivity contribution in [2.24, 2.45) is 0 Å². The summed E-state index contributed by atoms with van der Waals surface area (Å²) in [5.41, 5.74) is 5.49. The number of hydrogen-bond donors (Lipinski definition) is 0. The summed E-state index contributed by atoms with van der Waals surface area (Å²) in [6, 6.07) is 21.2. The van der Waals surface area contributed by atoms with Crippen LogP contribution in [0, 0.1) is 0 Å². The van der Waals surface area contributed by atoms with Gasteiger partial charge in [0.2, 0.25) is 0 Å². The minimum absolute atomic E-state index is 0.0105. The van der Waals surface area contributed by atoms with E-state index in [4.69, 9.17) is 11.6 Å². The lowest BCUT2D eigenvalue weighted by atomic mass is 9.95. The zero-order valence-corrected chi connectivity index (χ0v) is 19.9. The largest absolute Gasteiger partial charge is 0.309 e. The summed E-state index contributed by atoms with van der Waals surface area (Å²) < 4.78 is 0. The minimum Gasteiger partial charge on any atom is -0.309 e. The number of benzene rings is 3. The fourth-order valence-electron chi connectivity index (χ4n) is 4.29. The Hall–Kier alpha value is -2.95. The van der Waals surface area contributed by atoms with Crippen molar-refractivity contribution in [2.45, 2.75) is 25.7 Å². The smallest absolute Gasteiger partial charge is 0.258 e. The van der Waals surface area contributed by atoms with Crippen LogP contribution in [0.2, 0.25) is 5.02 Å². The number of rotatable bonds is 7. The molecule has 0 fully saturated rings. The van der Waals surface area contributed by atoms with Crippen molar-refractivity contribution in [1.82, 2.24) is 4.90 Å². The number of anilines is 1. The van der Waals surface area contributed by atoms with Gasteiger partial charge in [-0.15, -0.1) is 0 Å². The average molecular weight is 461 g/mol. The van der Waals surface area contributed by atoms with Crippen LogP contribution in [0.3, 0.4) is 0 Å². The molecular weight excluding hydrogens is 432 g/mol. The summed E-state index contributed by atoms with van der Waals surface area (Å²) in [6.07, 6.45) is 3.16. The van der Waals surface area contributed by atoms with Crippen LogP contribution in [0.5, 0.6) is 0 Å². The average Bonchev–Trinajstić information content (AvgIpc) is 2.83. The Kier molecular flexibility index (Phi) is 7.26. The van der Waals surface area contributed by atoms with Crippen LogP contribution < -0.4 is 4.90 Å². The van der Waals surface area contributed by atoms with Crippen LogP contribution in [0.25, 0.3) is 11.1 Å². The molecule has 0 aliphatic carbocycles. The molecule has 1 aliphatic rings. The lowest BCUT2D eigenvalue weighted by molar-refractivity contribution is 0.0974. The maximum atomic E-state index is 13.3. The van der Waals surface area contributed by atoms with Gasteiger partial charge in [-0.05, 0) is 99.1 Å². The highest BCUT2D eigenvalue weighted by molar-refractivity contribution is 6.30. The first-order valence-electron chi connectivity index (χ1n) is 11.4. The molecule has 0 aromatic heterocycles. The molecule has 33 heavy (non-hydrogen) atoms. The monoisotopic (exact) mass is 460 g/mol. The molecule has 0 saturated heterocycles. The van der Waals surface area contributed by atoms with Crippen LogP contribution in [-0.4, -0.2) is 43.8 Å². The van der Waals surface area contributed by atoms with Crippen molar-refractivity contribution in [3.05, 3.63) is 88.4 Å². The van der Waals surface area contributed by atoms with Crippen LogP contribution in [0.15, 0.2) is 66.7 Å². The molecule has 3 aromatic rings. The Balaban J connectivity index is 1.49. The second-order valence-electron chi connectivity index (χ2n) is 8.82. The molecule has 1 amide bonds. The third-order valence-electron chi connectivity index (χ3n) is 6.08. The maximum absolute atomic E-state index is 13.3. The second-order valence-corrected chi connectivity index (χ2v) is 9.25. The highest BCUT2D eigenvalue weighted by atomic mass is 35.5. The summed E-state index contributed by atoms with van der Waals surface area (Å²) >= 11 is 5.98. The Morgan fingerprint density at radius 3 is 2.21 bits per heavy atom. The summed E-state index contributed by atoms with van der Waals surface area (Å²) in [7, 11) is 4.03. The van der Waals surface area contributed by atoms with Crippen molar-refractivity contribution in [3.63, 3.8) is 0 Å².